The number of fused-ring (bicyclic) bond motifs is 2. The third kappa shape index (κ3) is 3.06. The van der Waals surface area contributed by atoms with E-state index in [0.29, 0.717) is 6.61 Å². The molecule has 1 aliphatic heterocycles. The number of rotatable bonds is 5. The summed E-state index contributed by atoms with van der Waals surface area (Å²) in [6.07, 6.45) is 1.83. The van der Waals surface area contributed by atoms with Crippen LogP contribution in [0.2, 0.25) is 0 Å². The molecular formula is C17H21N3O. The first kappa shape index (κ1) is 14.0. The Morgan fingerprint density at radius 2 is 2.00 bits per heavy atom. The minimum Gasteiger partial charge on any atom is -0.487 e. The van der Waals surface area contributed by atoms with Gasteiger partial charge in [-0.05, 0) is 24.2 Å². The Morgan fingerprint density at radius 1 is 1.14 bits per heavy atom. The number of aromatic nitrogens is 1. The predicted molar refractivity (Wildman–Crippen MR) is 83.4 cm³/mol. The van der Waals surface area contributed by atoms with Crippen molar-refractivity contribution in [2.45, 2.75) is 19.6 Å². The summed E-state index contributed by atoms with van der Waals surface area (Å²) in [6.45, 7) is 5.49. The van der Waals surface area contributed by atoms with Gasteiger partial charge in [-0.2, -0.15) is 0 Å². The van der Waals surface area contributed by atoms with Crippen molar-refractivity contribution < 1.29 is 4.74 Å². The molecule has 3 rings (SSSR count). The zero-order chi connectivity index (χ0) is 14.5. The number of nitrogens with zero attached hydrogens (tertiary/aromatic N) is 1. The van der Waals surface area contributed by atoms with E-state index in [1.807, 2.05) is 24.4 Å². The van der Waals surface area contributed by atoms with Crippen molar-refractivity contribution in [2.75, 3.05) is 19.6 Å². The van der Waals surface area contributed by atoms with Crippen LogP contribution in [0.25, 0.3) is 0 Å². The Hall–Kier alpha value is -1.91. The summed E-state index contributed by atoms with van der Waals surface area (Å²) in [7, 11) is 0. The second kappa shape index (κ2) is 6.70. The Morgan fingerprint density at radius 3 is 2.90 bits per heavy atom. The third-order valence-corrected chi connectivity index (χ3v) is 3.73. The van der Waals surface area contributed by atoms with Crippen LogP contribution in [0.3, 0.4) is 0 Å². The highest BCUT2D eigenvalue weighted by Crippen LogP contribution is 2.34. The molecule has 1 aromatic heterocycles. The van der Waals surface area contributed by atoms with Crippen LogP contribution in [0.4, 0.5) is 0 Å². The summed E-state index contributed by atoms with van der Waals surface area (Å²) >= 11 is 0. The Kier molecular flexibility index (Phi) is 4.48. The maximum absolute atomic E-state index is 5.91. The van der Waals surface area contributed by atoms with Crippen LogP contribution in [0, 0.1) is 0 Å². The number of pyridine rings is 1. The van der Waals surface area contributed by atoms with Crippen molar-refractivity contribution in [3.63, 3.8) is 0 Å². The topological polar surface area (TPSA) is 46.2 Å². The Bertz CT molecular complexity index is 553. The molecule has 0 saturated heterocycles. The summed E-state index contributed by atoms with van der Waals surface area (Å²) in [5.41, 5.74) is 3.40. The van der Waals surface area contributed by atoms with Gasteiger partial charge >= 0.3 is 0 Å². The van der Waals surface area contributed by atoms with Gasteiger partial charge in [0.25, 0.3) is 0 Å². The summed E-state index contributed by atoms with van der Waals surface area (Å²) in [6, 6.07) is 12.5. The van der Waals surface area contributed by atoms with Crippen molar-refractivity contribution in [1.29, 1.82) is 0 Å². The smallest absolute Gasteiger partial charge is 0.131 e. The van der Waals surface area contributed by atoms with Gasteiger partial charge in [-0.15, -0.1) is 0 Å². The SMILES string of the molecule is CCNCCN[C@@H]1c2ccccc2OCc2ncccc21. The van der Waals surface area contributed by atoms with Gasteiger partial charge in [-0.1, -0.05) is 31.2 Å². The number of benzene rings is 1. The highest BCUT2D eigenvalue weighted by atomic mass is 16.5. The van der Waals surface area contributed by atoms with Crippen molar-refractivity contribution in [3.05, 3.63) is 59.4 Å². The highest BCUT2D eigenvalue weighted by molar-refractivity contribution is 5.44. The quantitative estimate of drug-likeness (QED) is 0.826. The molecule has 0 aliphatic carbocycles. The molecule has 21 heavy (non-hydrogen) atoms. The van der Waals surface area contributed by atoms with Gasteiger partial charge in [-0.3, -0.25) is 4.98 Å². The Balaban J connectivity index is 1.91. The van der Waals surface area contributed by atoms with Crippen LogP contribution in [0.15, 0.2) is 42.6 Å². The lowest BCUT2D eigenvalue weighted by atomic mass is 9.97. The van der Waals surface area contributed by atoms with Gasteiger partial charge in [0.05, 0.1) is 11.7 Å². The van der Waals surface area contributed by atoms with E-state index in [1.165, 1.54) is 11.1 Å². The highest BCUT2D eigenvalue weighted by Gasteiger charge is 2.24. The Labute approximate surface area is 125 Å². The van der Waals surface area contributed by atoms with Gasteiger partial charge in [0.15, 0.2) is 0 Å². The molecule has 0 unspecified atom stereocenters. The molecule has 0 amide bonds. The number of hydrogen-bond acceptors (Lipinski definition) is 4. The second-order valence-corrected chi connectivity index (χ2v) is 5.11. The molecule has 0 bridgehead atoms. The van der Waals surface area contributed by atoms with Crippen molar-refractivity contribution in [3.8, 4) is 5.75 Å². The molecule has 2 aromatic rings. The number of ether oxygens (including phenoxy) is 1. The van der Waals surface area contributed by atoms with Crippen LogP contribution >= 0.6 is 0 Å². The van der Waals surface area contributed by atoms with E-state index in [0.717, 1.165) is 31.1 Å². The van der Waals surface area contributed by atoms with Crippen molar-refractivity contribution in [1.82, 2.24) is 15.6 Å². The standard InChI is InChI=1S/C17H21N3O/c1-2-18-10-11-20-17-13-7-5-9-19-15(13)12-21-16-8-4-3-6-14(16)17/h3-9,17-18,20H,2,10-12H2,1H3/t17-/m0/s1. The number of nitrogens with one attached hydrogen (secondary N) is 2. The molecule has 0 radical (unpaired) electrons. The first-order chi connectivity index (χ1) is 10.4. The number of likely N-dealkylation sites (N-methyl/N-ethyl adjacent to an activating group) is 1. The van der Waals surface area contributed by atoms with Gasteiger partial charge in [-0.25, -0.2) is 0 Å². The summed E-state index contributed by atoms with van der Waals surface area (Å²) < 4.78 is 5.91. The lowest BCUT2D eigenvalue weighted by molar-refractivity contribution is 0.302. The van der Waals surface area contributed by atoms with E-state index in [1.54, 1.807) is 0 Å². The molecule has 110 valence electrons. The molecule has 1 atom stereocenters. The monoisotopic (exact) mass is 283 g/mol. The van der Waals surface area contributed by atoms with E-state index in [9.17, 15) is 0 Å². The predicted octanol–water partition coefficient (Wildman–Crippen LogP) is 2.26. The molecule has 1 aromatic carbocycles. The average molecular weight is 283 g/mol. The molecule has 2 N–H and O–H groups in total. The number of hydrogen-bond donors (Lipinski definition) is 2. The summed E-state index contributed by atoms with van der Waals surface area (Å²) in [4.78, 5) is 4.48. The molecule has 1 aliphatic rings. The maximum Gasteiger partial charge on any atom is 0.131 e. The minimum absolute atomic E-state index is 0.131. The van der Waals surface area contributed by atoms with Crippen LogP contribution in [-0.4, -0.2) is 24.6 Å². The first-order valence-corrected chi connectivity index (χ1v) is 7.49. The van der Waals surface area contributed by atoms with Crippen LogP contribution < -0.4 is 15.4 Å². The molecule has 4 heteroatoms. The fourth-order valence-electron chi connectivity index (χ4n) is 2.70. The maximum atomic E-state index is 5.91. The normalized spacial score (nSPS) is 16.5. The lowest BCUT2D eigenvalue weighted by Gasteiger charge is -2.20. The van der Waals surface area contributed by atoms with E-state index in [2.05, 4.69) is 40.7 Å². The summed E-state index contributed by atoms with van der Waals surface area (Å²) in [5.74, 6) is 0.941. The number of para-hydroxylation sites is 1. The van der Waals surface area contributed by atoms with E-state index < -0.39 is 0 Å². The largest absolute Gasteiger partial charge is 0.487 e. The zero-order valence-corrected chi connectivity index (χ0v) is 12.3. The fourth-order valence-corrected chi connectivity index (χ4v) is 2.70. The van der Waals surface area contributed by atoms with Gasteiger partial charge in [0.1, 0.15) is 12.4 Å². The molecule has 0 fully saturated rings. The molecule has 4 nitrogen and oxygen atoms in total. The lowest BCUT2D eigenvalue weighted by Crippen LogP contribution is -2.31. The van der Waals surface area contributed by atoms with E-state index in [-0.39, 0.29) is 6.04 Å². The summed E-state index contributed by atoms with van der Waals surface area (Å²) in [5, 5.41) is 6.97. The fraction of sp³-hybridized carbons (Fsp3) is 0.353. The van der Waals surface area contributed by atoms with Crippen LogP contribution in [0.1, 0.15) is 29.8 Å². The first-order valence-electron chi connectivity index (χ1n) is 7.49. The second-order valence-electron chi connectivity index (χ2n) is 5.11. The van der Waals surface area contributed by atoms with Crippen molar-refractivity contribution >= 4 is 0 Å². The molecule has 0 spiro atoms. The van der Waals surface area contributed by atoms with Crippen LogP contribution in [0.5, 0.6) is 5.75 Å². The van der Waals surface area contributed by atoms with Gasteiger partial charge in [0, 0.05) is 24.8 Å². The minimum atomic E-state index is 0.131. The van der Waals surface area contributed by atoms with E-state index >= 15 is 0 Å². The van der Waals surface area contributed by atoms with Crippen molar-refractivity contribution in [2.24, 2.45) is 0 Å². The van der Waals surface area contributed by atoms with Gasteiger partial charge in [0.2, 0.25) is 0 Å². The molecule has 2 heterocycles. The molecule has 0 saturated carbocycles. The third-order valence-electron chi connectivity index (χ3n) is 3.73. The van der Waals surface area contributed by atoms with Crippen LogP contribution in [-0.2, 0) is 6.61 Å². The van der Waals surface area contributed by atoms with Gasteiger partial charge < -0.3 is 15.4 Å². The average Bonchev–Trinajstić information content (AvgIpc) is 2.69. The zero-order valence-electron chi connectivity index (χ0n) is 12.3. The molecular weight excluding hydrogens is 262 g/mol. The van der Waals surface area contributed by atoms with E-state index in [4.69, 9.17) is 4.74 Å².